The van der Waals surface area contributed by atoms with Gasteiger partial charge in [0.05, 0.1) is 5.92 Å². The Bertz CT molecular complexity index is 799. The molecule has 2 aromatic carbocycles. The van der Waals surface area contributed by atoms with Gasteiger partial charge in [0.2, 0.25) is 5.91 Å². The van der Waals surface area contributed by atoms with E-state index in [1.165, 1.54) is 5.56 Å². The van der Waals surface area contributed by atoms with Gasteiger partial charge >= 0.3 is 6.03 Å². The second-order valence-electron chi connectivity index (χ2n) is 6.33. The number of hydrogen-bond acceptors (Lipinski definition) is 2. The highest BCUT2D eigenvalue weighted by Gasteiger charge is 2.26. The van der Waals surface area contributed by atoms with Crippen LogP contribution in [0.2, 0.25) is 0 Å². The van der Waals surface area contributed by atoms with Gasteiger partial charge < -0.3 is 16.0 Å². The van der Waals surface area contributed by atoms with E-state index in [0.29, 0.717) is 12.2 Å². The van der Waals surface area contributed by atoms with Crippen LogP contribution in [0.1, 0.15) is 29.9 Å². The topological polar surface area (TPSA) is 70.2 Å². The standard InChI is InChI=1S/C21H23N3O2/c1-2-14-22-21(26)24-17-12-10-16(11-13-17)23-20(25)19-9-5-7-15-6-3-4-8-18(15)19/h2-4,6,8,10-13,19H,1,5,7,9,14H2,(H,23,25)(H2,22,24,26). The Labute approximate surface area is 153 Å². The van der Waals surface area contributed by atoms with E-state index in [2.05, 4.69) is 28.6 Å². The van der Waals surface area contributed by atoms with E-state index in [9.17, 15) is 9.59 Å². The number of benzene rings is 2. The monoisotopic (exact) mass is 349 g/mol. The van der Waals surface area contributed by atoms with Crippen LogP contribution in [0.4, 0.5) is 16.2 Å². The van der Waals surface area contributed by atoms with Crippen LogP contribution in [0.15, 0.2) is 61.2 Å². The summed E-state index contributed by atoms with van der Waals surface area (Å²) in [6, 6.07) is 15.0. The lowest BCUT2D eigenvalue weighted by molar-refractivity contribution is -0.117. The smallest absolute Gasteiger partial charge is 0.319 e. The number of hydrogen-bond donors (Lipinski definition) is 3. The first kappa shape index (κ1) is 17.7. The molecule has 0 bridgehead atoms. The highest BCUT2D eigenvalue weighted by atomic mass is 16.2. The second-order valence-corrected chi connectivity index (χ2v) is 6.33. The molecule has 1 atom stereocenters. The SMILES string of the molecule is C=CCNC(=O)Nc1ccc(NC(=O)C2CCCc3ccccc32)cc1. The van der Waals surface area contributed by atoms with Crippen molar-refractivity contribution in [1.29, 1.82) is 0 Å². The summed E-state index contributed by atoms with van der Waals surface area (Å²) in [5.74, 6) is -0.0935. The predicted octanol–water partition coefficient (Wildman–Crippen LogP) is 4.05. The molecule has 26 heavy (non-hydrogen) atoms. The molecule has 0 aliphatic heterocycles. The van der Waals surface area contributed by atoms with Gasteiger partial charge in [-0.1, -0.05) is 30.3 Å². The van der Waals surface area contributed by atoms with Gasteiger partial charge in [-0.3, -0.25) is 4.79 Å². The van der Waals surface area contributed by atoms with Crippen molar-refractivity contribution in [2.45, 2.75) is 25.2 Å². The van der Waals surface area contributed by atoms with E-state index < -0.39 is 0 Å². The molecule has 3 N–H and O–H groups in total. The van der Waals surface area contributed by atoms with E-state index in [1.807, 2.05) is 18.2 Å². The summed E-state index contributed by atoms with van der Waals surface area (Å²) in [7, 11) is 0. The molecule has 0 spiro atoms. The Morgan fingerprint density at radius 3 is 2.46 bits per heavy atom. The van der Waals surface area contributed by atoms with Gasteiger partial charge in [-0.05, 0) is 54.7 Å². The number of rotatable bonds is 5. The Balaban J connectivity index is 1.62. The number of fused-ring (bicyclic) bond motifs is 1. The fourth-order valence-electron chi connectivity index (χ4n) is 3.23. The van der Waals surface area contributed by atoms with Gasteiger partial charge in [-0.25, -0.2) is 4.79 Å². The van der Waals surface area contributed by atoms with Crippen molar-refractivity contribution in [2.24, 2.45) is 0 Å². The molecule has 2 aromatic rings. The Hall–Kier alpha value is -3.08. The van der Waals surface area contributed by atoms with Crippen LogP contribution >= 0.6 is 0 Å². The molecule has 5 heteroatoms. The van der Waals surface area contributed by atoms with Gasteiger partial charge in [-0.2, -0.15) is 0 Å². The molecule has 1 aliphatic rings. The van der Waals surface area contributed by atoms with Gasteiger partial charge in [0.25, 0.3) is 0 Å². The van der Waals surface area contributed by atoms with Crippen LogP contribution in [-0.4, -0.2) is 18.5 Å². The predicted molar refractivity (Wildman–Crippen MR) is 104 cm³/mol. The van der Waals surface area contributed by atoms with Gasteiger partial charge in [-0.15, -0.1) is 6.58 Å². The highest BCUT2D eigenvalue weighted by Crippen LogP contribution is 2.32. The molecule has 1 aliphatic carbocycles. The minimum Gasteiger partial charge on any atom is -0.334 e. The van der Waals surface area contributed by atoms with Crippen molar-refractivity contribution < 1.29 is 9.59 Å². The summed E-state index contributed by atoms with van der Waals surface area (Å²) in [6.07, 6.45) is 4.54. The third-order valence-corrected chi connectivity index (χ3v) is 4.50. The molecule has 0 aromatic heterocycles. The summed E-state index contributed by atoms with van der Waals surface area (Å²) in [5.41, 5.74) is 3.78. The largest absolute Gasteiger partial charge is 0.334 e. The van der Waals surface area contributed by atoms with Gasteiger partial charge in [0.15, 0.2) is 0 Å². The van der Waals surface area contributed by atoms with Crippen LogP contribution in [-0.2, 0) is 11.2 Å². The first-order chi connectivity index (χ1) is 12.7. The van der Waals surface area contributed by atoms with Crippen molar-refractivity contribution in [3.63, 3.8) is 0 Å². The molecule has 3 amide bonds. The molecular weight excluding hydrogens is 326 g/mol. The summed E-state index contributed by atoms with van der Waals surface area (Å²) in [4.78, 5) is 24.3. The summed E-state index contributed by atoms with van der Waals surface area (Å²) >= 11 is 0. The molecule has 0 radical (unpaired) electrons. The molecule has 0 saturated heterocycles. The summed E-state index contributed by atoms with van der Waals surface area (Å²) < 4.78 is 0. The first-order valence-electron chi connectivity index (χ1n) is 8.82. The van der Waals surface area contributed by atoms with Crippen molar-refractivity contribution in [1.82, 2.24) is 5.32 Å². The number of urea groups is 1. The van der Waals surface area contributed by atoms with E-state index >= 15 is 0 Å². The van der Waals surface area contributed by atoms with E-state index in [4.69, 9.17) is 0 Å². The molecule has 0 heterocycles. The molecule has 3 rings (SSSR count). The van der Waals surface area contributed by atoms with E-state index in [0.717, 1.165) is 30.5 Å². The second kappa shape index (κ2) is 8.34. The average molecular weight is 349 g/mol. The molecular formula is C21H23N3O2. The number of carbonyl (C=O) groups excluding carboxylic acids is 2. The number of aryl methyl sites for hydroxylation is 1. The quantitative estimate of drug-likeness (QED) is 0.713. The van der Waals surface area contributed by atoms with Crippen LogP contribution < -0.4 is 16.0 Å². The third-order valence-electron chi connectivity index (χ3n) is 4.50. The number of carbonyl (C=O) groups is 2. The lowest BCUT2D eigenvalue weighted by atomic mass is 9.82. The fourth-order valence-corrected chi connectivity index (χ4v) is 3.23. The fraction of sp³-hybridized carbons (Fsp3) is 0.238. The Morgan fingerprint density at radius 2 is 1.73 bits per heavy atom. The zero-order valence-electron chi connectivity index (χ0n) is 14.6. The summed E-state index contributed by atoms with van der Waals surface area (Å²) in [6.45, 7) is 3.95. The summed E-state index contributed by atoms with van der Waals surface area (Å²) in [5, 5.41) is 8.35. The Morgan fingerprint density at radius 1 is 1.04 bits per heavy atom. The first-order valence-corrected chi connectivity index (χ1v) is 8.82. The van der Waals surface area contributed by atoms with Crippen molar-refractivity contribution in [2.75, 3.05) is 17.2 Å². The molecule has 134 valence electrons. The van der Waals surface area contributed by atoms with Crippen LogP contribution in [0.25, 0.3) is 0 Å². The van der Waals surface area contributed by atoms with Crippen molar-refractivity contribution >= 4 is 23.3 Å². The van der Waals surface area contributed by atoms with Crippen LogP contribution in [0.3, 0.4) is 0 Å². The van der Waals surface area contributed by atoms with Gasteiger partial charge in [0.1, 0.15) is 0 Å². The average Bonchev–Trinajstić information content (AvgIpc) is 2.67. The minimum absolute atomic E-state index is 0.0154. The molecule has 0 saturated carbocycles. The maximum absolute atomic E-state index is 12.7. The lowest BCUT2D eigenvalue weighted by Crippen LogP contribution is -2.28. The van der Waals surface area contributed by atoms with Crippen LogP contribution in [0.5, 0.6) is 0 Å². The normalized spacial score (nSPS) is 15.5. The van der Waals surface area contributed by atoms with Gasteiger partial charge in [0, 0.05) is 17.9 Å². The Kier molecular flexibility index (Phi) is 5.69. The van der Waals surface area contributed by atoms with Crippen molar-refractivity contribution in [3.05, 3.63) is 72.3 Å². The number of anilines is 2. The molecule has 1 unspecified atom stereocenters. The zero-order valence-corrected chi connectivity index (χ0v) is 14.6. The minimum atomic E-state index is -0.291. The molecule has 5 nitrogen and oxygen atoms in total. The maximum Gasteiger partial charge on any atom is 0.319 e. The van der Waals surface area contributed by atoms with E-state index in [1.54, 1.807) is 30.3 Å². The third kappa shape index (κ3) is 4.30. The molecule has 0 fully saturated rings. The van der Waals surface area contributed by atoms with Crippen LogP contribution in [0, 0.1) is 0 Å². The van der Waals surface area contributed by atoms with E-state index in [-0.39, 0.29) is 17.9 Å². The lowest BCUT2D eigenvalue weighted by Gasteiger charge is -2.24. The van der Waals surface area contributed by atoms with Crippen molar-refractivity contribution in [3.8, 4) is 0 Å². The highest BCUT2D eigenvalue weighted by molar-refractivity contribution is 5.96. The number of amides is 3. The number of nitrogens with one attached hydrogen (secondary N) is 3. The maximum atomic E-state index is 12.7. The zero-order chi connectivity index (χ0) is 18.4.